The molecule has 1 aliphatic rings. The molecule has 1 heterocycles. The molecule has 0 unspecified atom stereocenters. The number of hydrogen-bond donors (Lipinski definition) is 0. The number of hydrogen-bond acceptors (Lipinski definition) is 4. The number of sulfone groups is 1. The van der Waals surface area contributed by atoms with E-state index in [9.17, 15) is 18.0 Å². The molecule has 96 valence electrons. The molecule has 6 heteroatoms. The first-order valence-corrected chi connectivity index (χ1v) is 7.59. The number of para-hydroxylation sites is 1. The third-order valence-corrected chi connectivity index (χ3v) is 3.81. The summed E-state index contributed by atoms with van der Waals surface area (Å²) in [4.78, 5) is 24.8. The fraction of sp³-hybridized carbons (Fsp3) is 0.333. The van der Waals surface area contributed by atoms with Gasteiger partial charge >= 0.3 is 0 Å². The lowest BCUT2D eigenvalue weighted by molar-refractivity contribution is -0.114. The Labute approximate surface area is 105 Å². The highest BCUT2D eigenvalue weighted by molar-refractivity contribution is 7.90. The molecular weight excluding hydrogens is 254 g/mol. The van der Waals surface area contributed by atoms with Crippen molar-refractivity contribution in [1.82, 2.24) is 0 Å². The van der Waals surface area contributed by atoms with Gasteiger partial charge in [-0.1, -0.05) is 12.1 Å². The molecule has 2 rings (SSSR count). The summed E-state index contributed by atoms with van der Waals surface area (Å²) < 4.78 is 22.1. The van der Waals surface area contributed by atoms with E-state index in [2.05, 4.69) is 0 Å². The molecular formula is C12H13NO4S. The number of carbonyl (C=O) groups excluding carboxylic acids is 2. The Bertz CT molecular complexity index is 606. The Kier molecular flexibility index (Phi) is 3.21. The number of amides is 1. The lowest BCUT2D eigenvalue weighted by Crippen LogP contribution is -2.31. The predicted molar refractivity (Wildman–Crippen MR) is 67.5 cm³/mol. The van der Waals surface area contributed by atoms with E-state index in [1.807, 2.05) is 0 Å². The Hall–Kier alpha value is -1.69. The summed E-state index contributed by atoms with van der Waals surface area (Å²) >= 11 is 0. The van der Waals surface area contributed by atoms with Gasteiger partial charge in [-0.15, -0.1) is 0 Å². The Morgan fingerprint density at radius 2 is 1.83 bits per heavy atom. The first-order chi connectivity index (χ1) is 8.40. The maximum atomic E-state index is 11.7. The number of benzene rings is 1. The maximum absolute atomic E-state index is 11.7. The average molecular weight is 267 g/mol. The van der Waals surface area contributed by atoms with Crippen LogP contribution in [0.25, 0.3) is 0 Å². The van der Waals surface area contributed by atoms with E-state index in [1.165, 1.54) is 4.90 Å². The van der Waals surface area contributed by atoms with Crippen LogP contribution in [0.5, 0.6) is 0 Å². The van der Waals surface area contributed by atoms with Crippen LogP contribution in [-0.4, -0.2) is 38.7 Å². The second kappa shape index (κ2) is 4.53. The minimum absolute atomic E-state index is 0.00708. The maximum Gasteiger partial charge on any atom is 0.299 e. The van der Waals surface area contributed by atoms with E-state index < -0.39 is 21.5 Å². The molecule has 1 aliphatic heterocycles. The van der Waals surface area contributed by atoms with Gasteiger partial charge in [0.05, 0.1) is 17.0 Å². The molecule has 0 N–H and O–H groups in total. The quantitative estimate of drug-likeness (QED) is 0.751. The molecule has 0 aromatic heterocycles. The standard InChI is InChI=1S/C12H13NO4S/c1-18(16,17)8-4-7-13-10-6-3-2-5-9(10)11(14)12(13)15/h2-3,5-6H,4,7-8H2,1H3. The van der Waals surface area contributed by atoms with Crippen LogP contribution in [0.1, 0.15) is 16.8 Å². The summed E-state index contributed by atoms with van der Waals surface area (Å²) in [6, 6.07) is 6.74. The summed E-state index contributed by atoms with van der Waals surface area (Å²) in [6.45, 7) is 0.245. The number of anilines is 1. The lowest BCUT2D eigenvalue weighted by Gasteiger charge is -2.15. The van der Waals surface area contributed by atoms with Gasteiger partial charge in [-0.3, -0.25) is 9.59 Å². The highest BCUT2D eigenvalue weighted by atomic mass is 32.2. The van der Waals surface area contributed by atoms with Crippen LogP contribution in [0, 0.1) is 0 Å². The smallest absolute Gasteiger partial charge is 0.299 e. The highest BCUT2D eigenvalue weighted by Crippen LogP contribution is 2.28. The van der Waals surface area contributed by atoms with Crippen molar-refractivity contribution in [2.45, 2.75) is 6.42 Å². The van der Waals surface area contributed by atoms with Crippen molar-refractivity contribution in [2.75, 3.05) is 23.5 Å². The molecule has 0 atom stereocenters. The van der Waals surface area contributed by atoms with Gasteiger partial charge < -0.3 is 4.90 Å². The molecule has 0 fully saturated rings. The monoisotopic (exact) mass is 267 g/mol. The van der Waals surface area contributed by atoms with E-state index in [4.69, 9.17) is 0 Å². The summed E-state index contributed by atoms with van der Waals surface area (Å²) in [5, 5.41) is 0. The molecule has 0 spiro atoms. The summed E-state index contributed by atoms with van der Waals surface area (Å²) in [6.07, 6.45) is 1.48. The number of nitrogens with zero attached hydrogens (tertiary/aromatic N) is 1. The SMILES string of the molecule is CS(=O)(=O)CCCN1C(=O)C(=O)c2ccccc21. The van der Waals surface area contributed by atoms with Crippen molar-refractivity contribution in [2.24, 2.45) is 0 Å². The number of rotatable bonds is 4. The lowest BCUT2D eigenvalue weighted by atomic mass is 10.1. The largest absolute Gasteiger partial charge is 0.305 e. The van der Waals surface area contributed by atoms with Gasteiger partial charge in [0.15, 0.2) is 0 Å². The van der Waals surface area contributed by atoms with E-state index in [1.54, 1.807) is 24.3 Å². The first kappa shape index (κ1) is 12.8. The highest BCUT2D eigenvalue weighted by Gasteiger charge is 2.34. The number of fused-ring (bicyclic) bond motifs is 1. The second-order valence-corrected chi connectivity index (χ2v) is 6.55. The van der Waals surface area contributed by atoms with E-state index >= 15 is 0 Å². The molecule has 18 heavy (non-hydrogen) atoms. The zero-order valence-corrected chi connectivity index (χ0v) is 10.7. The van der Waals surface area contributed by atoms with E-state index in [0.717, 1.165) is 6.26 Å². The summed E-state index contributed by atoms with van der Waals surface area (Å²) in [5.74, 6) is -1.10. The van der Waals surface area contributed by atoms with E-state index in [0.29, 0.717) is 17.7 Å². The predicted octanol–water partition coefficient (Wildman–Crippen LogP) is 0.651. The fourth-order valence-corrected chi connectivity index (χ4v) is 2.61. The van der Waals surface area contributed by atoms with Gasteiger partial charge in [0.25, 0.3) is 11.7 Å². The zero-order valence-electron chi connectivity index (χ0n) is 9.92. The van der Waals surface area contributed by atoms with Gasteiger partial charge in [-0.05, 0) is 18.6 Å². The number of ketones is 1. The van der Waals surface area contributed by atoms with Crippen molar-refractivity contribution in [3.05, 3.63) is 29.8 Å². The molecule has 0 bridgehead atoms. The molecule has 0 aliphatic carbocycles. The minimum atomic E-state index is -3.05. The van der Waals surface area contributed by atoms with Gasteiger partial charge in [0, 0.05) is 12.8 Å². The molecule has 1 aromatic carbocycles. The molecule has 1 amide bonds. The average Bonchev–Trinajstić information content (AvgIpc) is 2.53. The number of carbonyl (C=O) groups is 2. The van der Waals surface area contributed by atoms with Gasteiger partial charge in [-0.25, -0.2) is 8.42 Å². The molecule has 0 saturated carbocycles. The van der Waals surface area contributed by atoms with Gasteiger partial charge in [0.2, 0.25) is 0 Å². The van der Waals surface area contributed by atoms with Crippen LogP contribution in [0.4, 0.5) is 5.69 Å². The number of Topliss-reactive ketones (excluding diaryl/α,β-unsaturated/α-hetero) is 1. The van der Waals surface area contributed by atoms with Crippen molar-refractivity contribution in [3.8, 4) is 0 Å². The van der Waals surface area contributed by atoms with Gasteiger partial charge in [0.1, 0.15) is 9.84 Å². The Balaban J connectivity index is 2.15. The third kappa shape index (κ3) is 2.43. The van der Waals surface area contributed by atoms with Crippen molar-refractivity contribution in [3.63, 3.8) is 0 Å². The zero-order chi connectivity index (χ0) is 13.3. The Morgan fingerprint density at radius 3 is 2.50 bits per heavy atom. The summed E-state index contributed by atoms with van der Waals surface area (Å²) in [7, 11) is -3.05. The molecule has 5 nitrogen and oxygen atoms in total. The fourth-order valence-electron chi connectivity index (χ4n) is 1.96. The van der Waals surface area contributed by atoms with Crippen LogP contribution < -0.4 is 4.90 Å². The summed E-state index contributed by atoms with van der Waals surface area (Å²) in [5.41, 5.74) is 0.961. The van der Waals surface area contributed by atoms with Crippen LogP contribution in [0.3, 0.4) is 0 Å². The molecule has 1 aromatic rings. The van der Waals surface area contributed by atoms with E-state index in [-0.39, 0.29) is 12.3 Å². The van der Waals surface area contributed by atoms with Crippen LogP contribution in [0.2, 0.25) is 0 Å². The van der Waals surface area contributed by atoms with Crippen molar-refractivity contribution < 1.29 is 18.0 Å². The first-order valence-electron chi connectivity index (χ1n) is 5.53. The molecule has 0 radical (unpaired) electrons. The second-order valence-electron chi connectivity index (χ2n) is 4.29. The van der Waals surface area contributed by atoms with Crippen molar-refractivity contribution in [1.29, 1.82) is 0 Å². The minimum Gasteiger partial charge on any atom is -0.305 e. The van der Waals surface area contributed by atoms with Crippen LogP contribution >= 0.6 is 0 Å². The Morgan fingerprint density at radius 1 is 1.17 bits per heavy atom. The third-order valence-electron chi connectivity index (χ3n) is 2.78. The normalized spacial score (nSPS) is 15.1. The van der Waals surface area contributed by atoms with Crippen LogP contribution in [-0.2, 0) is 14.6 Å². The molecule has 0 saturated heterocycles. The van der Waals surface area contributed by atoms with Crippen molar-refractivity contribution >= 4 is 27.2 Å². The van der Waals surface area contributed by atoms with Crippen LogP contribution in [0.15, 0.2) is 24.3 Å². The topological polar surface area (TPSA) is 71.5 Å². The van der Waals surface area contributed by atoms with Gasteiger partial charge in [-0.2, -0.15) is 0 Å².